The maximum Gasteiger partial charge on any atom is 0.408 e. The molecule has 27 heavy (non-hydrogen) atoms. The number of halogens is 1. The summed E-state index contributed by atoms with van der Waals surface area (Å²) in [5.41, 5.74) is -1.10. The van der Waals surface area contributed by atoms with Gasteiger partial charge in [-0.2, -0.15) is 0 Å². The average molecular weight is 519 g/mol. The van der Waals surface area contributed by atoms with Crippen LogP contribution in [0.15, 0.2) is 4.99 Å². The smallest absolute Gasteiger partial charge is 0.408 e. The highest BCUT2D eigenvalue weighted by Crippen LogP contribution is 2.11. The predicted octanol–water partition coefficient (Wildman–Crippen LogP) is 3.01. The van der Waals surface area contributed by atoms with Crippen LogP contribution < -0.4 is 16.0 Å². The van der Waals surface area contributed by atoms with Gasteiger partial charge in [0.25, 0.3) is 0 Å². The molecule has 3 N–H and O–H groups in total. The summed E-state index contributed by atoms with van der Waals surface area (Å²) in [6, 6.07) is 0. The minimum atomic E-state index is -0.915. The zero-order chi connectivity index (χ0) is 20.6. The lowest BCUT2D eigenvalue weighted by atomic mass is 10.1. The Hall–Kier alpha value is -0.580. The fourth-order valence-electron chi connectivity index (χ4n) is 1.81. The molecule has 162 valence electrons. The molecule has 0 aromatic heterocycles. The van der Waals surface area contributed by atoms with Gasteiger partial charge in [0.2, 0.25) is 0 Å². The molecule has 0 aliphatic rings. The van der Waals surface area contributed by atoms with Gasteiger partial charge < -0.3 is 20.7 Å². The molecule has 0 aliphatic carbocycles. The van der Waals surface area contributed by atoms with Gasteiger partial charge in [0.05, 0.1) is 12.1 Å². The van der Waals surface area contributed by atoms with E-state index in [1.807, 2.05) is 62.3 Å². The van der Waals surface area contributed by atoms with Crippen LogP contribution in [0.4, 0.5) is 4.79 Å². The zero-order valence-electron chi connectivity index (χ0n) is 18.3. The highest BCUT2D eigenvalue weighted by molar-refractivity contribution is 14.0. The number of ether oxygens (including phenoxy) is 1. The quantitative estimate of drug-likeness (QED) is 0.274. The lowest BCUT2D eigenvalue weighted by Gasteiger charge is -2.27. The number of nitrogens with one attached hydrogen (secondary N) is 3. The molecule has 0 heterocycles. The maximum absolute atomic E-state index is 12.1. The first-order chi connectivity index (χ1) is 11.7. The highest BCUT2D eigenvalue weighted by Gasteiger charge is 2.24. The molecule has 0 aromatic rings. The van der Waals surface area contributed by atoms with E-state index in [0.29, 0.717) is 31.3 Å². The molecule has 1 atom stereocenters. The van der Waals surface area contributed by atoms with Crippen LogP contribution in [0.25, 0.3) is 0 Å². The number of carbonyl (C=O) groups excluding carboxylic acids is 1. The molecule has 9 heteroatoms. The number of nitrogens with zero attached hydrogens (tertiary/aromatic N) is 1. The molecule has 0 rings (SSSR count). The van der Waals surface area contributed by atoms with Gasteiger partial charge in [-0.1, -0.05) is 0 Å². The monoisotopic (exact) mass is 518 g/mol. The second-order valence-electron chi connectivity index (χ2n) is 8.79. The number of hydrogen-bond donors (Lipinski definition) is 3. The van der Waals surface area contributed by atoms with Crippen molar-refractivity contribution in [2.24, 2.45) is 4.99 Å². The molecular weight excluding hydrogens is 479 g/mol. The van der Waals surface area contributed by atoms with Gasteiger partial charge >= 0.3 is 6.09 Å². The van der Waals surface area contributed by atoms with Gasteiger partial charge in [0, 0.05) is 34.4 Å². The molecule has 0 saturated carbocycles. The van der Waals surface area contributed by atoms with E-state index in [-0.39, 0.29) is 28.7 Å². The summed E-state index contributed by atoms with van der Waals surface area (Å²) in [4.78, 5) is 16.5. The van der Waals surface area contributed by atoms with E-state index in [4.69, 9.17) is 4.74 Å². The summed E-state index contributed by atoms with van der Waals surface area (Å²) >= 11 is 0. The Morgan fingerprint density at radius 2 is 1.59 bits per heavy atom. The van der Waals surface area contributed by atoms with E-state index in [1.165, 1.54) is 0 Å². The molecule has 0 aromatic carbocycles. The number of hydrogen-bond acceptors (Lipinski definition) is 4. The van der Waals surface area contributed by atoms with Crippen LogP contribution in [0.5, 0.6) is 0 Å². The Bertz CT molecular complexity index is 512. The van der Waals surface area contributed by atoms with Crippen LogP contribution in [0.1, 0.15) is 62.3 Å². The van der Waals surface area contributed by atoms with Gasteiger partial charge in [0.1, 0.15) is 5.60 Å². The standard InChI is InChI=1S/C18H38N4O3S.HI/c1-10-19-14(20-11-12-26(24)17(5,6)7)21-13-18(8,9)22-15(23)25-16(2,3)4;/h10-13H2,1-9H3,(H,22,23)(H2,19,20,21);1H. The Labute approximate surface area is 184 Å². The molecule has 0 radical (unpaired) electrons. The van der Waals surface area contributed by atoms with Crippen LogP contribution in [-0.2, 0) is 15.5 Å². The second kappa shape index (κ2) is 12.1. The summed E-state index contributed by atoms with van der Waals surface area (Å²) in [5, 5.41) is 9.18. The molecule has 0 fully saturated rings. The first kappa shape index (κ1) is 28.6. The van der Waals surface area contributed by atoms with Gasteiger partial charge in [-0.3, -0.25) is 9.20 Å². The number of amides is 1. The van der Waals surface area contributed by atoms with E-state index < -0.39 is 28.0 Å². The second-order valence-corrected chi connectivity index (χ2v) is 11.1. The van der Waals surface area contributed by atoms with Crippen molar-refractivity contribution >= 4 is 46.8 Å². The lowest BCUT2D eigenvalue weighted by Crippen LogP contribution is -2.49. The Kier molecular flexibility index (Phi) is 12.8. The molecule has 1 amide bonds. The normalized spacial score (nSPS) is 14.0. The summed E-state index contributed by atoms with van der Waals surface area (Å²) < 4.78 is 17.2. The summed E-state index contributed by atoms with van der Waals surface area (Å²) in [5.74, 6) is 1.19. The maximum atomic E-state index is 12.1. The third kappa shape index (κ3) is 15.1. The van der Waals surface area contributed by atoms with E-state index in [2.05, 4.69) is 20.9 Å². The van der Waals surface area contributed by atoms with E-state index in [0.717, 1.165) is 0 Å². The Morgan fingerprint density at radius 1 is 1.04 bits per heavy atom. The molecule has 1 unspecified atom stereocenters. The predicted molar refractivity (Wildman–Crippen MR) is 126 cm³/mol. The Balaban J connectivity index is 0. The van der Waals surface area contributed by atoms with Crippen LogP contribution in [0.3, 0.4) is 0 Å². The number of aliphatic imine (C=N–C) groups is 1. The third-order valence-corrected chi connectivity index (χ3v) is 5.02. The zero-order valence-corrected chi connectivity index (χ0v) is 21.5. The van der Waals surface area contributed by atoms with E-state index >= 15 is 0 Å². The molecule has 0 aliphatic heterocycles. The largest absolute Gasteiger partial charge is 0.444 e. The molecular formula is C18H39IN4O3S. The van der Waals surface area contributed by atoms with Gasteiger partial charge in [-0.15, -0.1) is 24.0 Å². The molecule has 0 spiro atoms. The van der Waals surface area contributed by atoms with E-state index in [9.17, 15) is 9.00 Å². The van der Waals surface area contributed by atoms with Gasteiger partial charge in [0.15, 0.2) is 5.96 Å². The van der Waals surface area contributed by atoms with Crippen molar-refractivity contribution in [1.29, 1.82) is 0 Å². The van der Waals surface area contributed by atoms with E-state index in [1.54, 1.807) is 0 Å². The van der Waals surface area contributed by atoms with Crippen molar-refractivity contribution < 1.29 is 13.7 Å². The van der Waals surface area contributed by atoms with Crippen molar-refractivity contribution in [3.63, 3.8) is 0 Å². The number of alkyl carbamates (subject to hydrolysis) is 1. The fraction of sp³-hybridized carbons (Fsp3) is 0.889. The van der Waals surface area contributed by atoms with Crippen LogP contribution in [-0.4, -0.2) is 57.5 Å². The first-order valence-corrected chi connectivity index (χ1v) is 10.4. The first-order valence-electron chi connectivity index (χ1n) is 9.08. The highest BCUT2D eigenvalue weighted by atomic mass is 127. The van der Waals surface area contributed by atoms with Crippen molar-refractivity contribution in [2.75, 3.05) is 25.4 Å². The number of carbonyl (C=O) groups is 1. The van der Waals surface area contributed by atoms with Crippen molar-refractivity contribution in [3.8, 4) is 0 Å². The van der Waals surface area contributed by atoms with Crippen LogP contribution in [0, 0.1) is 0 Å². The fourth-order valence-corrected chi connectivity index (χ4v) is 2.71. The minimum absolute atomic E-state index is 0. The number of rotatable bonds is 7. The van der Waals surface area contributed by atoms with Crippen molar-refractivity contribution in [3.05, 3.63) is 0 Å². The minimum Gasteiger partial charge on any atom is -0.444 e. The molecule has 7 nitrogen and oxygen atoms in total. The van der Waals surface area contributed by atoms with Crippen molar-refractivity contribution in [1.82, 2.24) is 16.0 Å². The summed E-state index contributed by atoms with van der Waals surface area (Å²) in [7, 11) is -0.915. The van der Waals surface area contributed by atoms with Gasteiger partial charge in [-0.05, 0) is 62.3 Å². The summed E-state index contributed by atoms with van der Waals surface area (Å²) in [6.07, 6.45) is -0.462. The molecule has 0 bridgehead atoms. The van der Waals surface area contributed by atoms with Gasteiger partial charge in [-0.25, -0.2) is 4.79 Å². The lowest BCUT2D eigenvalue weighted by molar-refractivity contribution is 0.0476. The third-order valence-electron chi connectivity index (χ3n) is 3.08. The van der Waals surface area contributed by atoms with Crippen LogP contribution >= 0.6 is 24.0 Å². The van der Waals surface area contributed by atoms with Crippen LogP contribution in [0.2, 0.25) is 0 Å². The average Bonchev–Trinajstić information content (AvgIpc) is 2.40. The molecule has 0 saturated heterocycles. The Morgan fingerprint density at radius 3 is 2.04 bits per heavy atom. The topological polar surface area (TPSA) is 91.8 Å². The number of guanidine groups is 1. The SMILES string of the molecule is CCNC(=NCC(C)(C)NC(=O)OC(C)(C)C)NCCS(=O)C(C)(C)C.I. The summed E-state index contributed by atoms with van der Waals surface area (Å²) in [6.45, 7) is 18.8. The van der Waals surface area contributed by atoms with Crippen molar-refractivity contribution in [2.45, 2.75) is 78.2 Å².